The van der Waals surface area contributed by atoms with E-state index in [0.29, 0.717) is 118 Å². The number of thiophene rings is 8. The SMILES string of the molecule is CCCCCCCCCCCCOC(=O)c1c2cc(C)sc2c(C(C)=O)c2cc(-c3ccc(-c4c(F)c(F)c(-c5ccc(-c6cc7c(C(=O)OCCCCCCCCCCCC)c8sc(-c9sc(-c%10c(F)c(F)c(-c%11cc(CCCCCC)c(C)s%11)c%11nsnc%10%11)cc9CCCCCC)cc8c(C(C)=O)c7s6)s5)c5nn(CC(CCCCCCCC)CCCCCCCCCC)nc45)s3)sc12. The second kappa shape index (κ2) is 51.9. The number of carbonyl (C=O) groups is 4. The van der Waals surface area contributed by atoms with Crippen LogP contribution in [0.2, 0.25) is 0 Å². The minimum atomic E-state index is -1.07. The Morgan fingerprint density at radius 3 is 1.09 bits per heavy atom. The Labute approximate surface area is 839 Å². The molecular weight excluding hydrogens is 1880 g/mol. The number of ether oxygens (including phenoxy) is 2. The van der Waals surface area contributed by atoms with Crippen LogP contribution < -0.4 is 0 Å². The number of benzene rings is 4. The van der Waals surface area contributed by atoms with Gasteiger partial charge in [0.2, 0.25) is 0 Å². The summed E-state index contributed by atoms with van der Waals surface area (Å²) in [6, 6.07) is 19.3. The lowest BCUT2D eigenvalue weighted by molar-refractivity contribution is 0.0493. The van der Waals surface area contributed by atoms with Crippen molar-refractivity contribution >= 4 is 188 Å². The van der Waals surface area contributed by atoms with Gasteiger partial charge in [0.15, 0.2) is 34.8 Å². The third-order valence-corrected chi connectivity index (χ3v) is 37.3. The molecule has 0 aliphatic rings. The molecule has 11 nitrogen and oxygen atoms in total. The summed E-state index contributed by atoms with van der Waals surface area (Å²) in [6.45, 7) is 21.4. The predicted molar refractivity (Wildman–Crippen MR) is 578 cm³/mol. The molecule has 730 valence electrons. The fourth-order valence-corrected chi connectivity index (χ4v) is 29.8. The molecule has 10 aromatic heterocycles. The Kier molecular flexibility index (Phi) is 39.9. The second-order valence-electron chi connectivity index (χ2n) is 37.9. The lowest BCUT2D eigenvalue weighted by atomic mass is 9.94. The Hall–Kier alpha value is -7.26. The summed E-state index contributed by atoms with van der Waals surface area (Å²) >= 11 is 12.0. The molecule has 136 heavy (non-hydrogen) atoms. The Morgan fingerprint density at radius 1 is 0.331 bits per heavy atom. The van der Waals surface area contributed by atoms with Gasteiger partial charge in [-0.25, -0.2) is 27.2 Å². The number of aryl methyl sites for hydroxylation is 4. The number of fused-ring (bicyclic) bond motifs is 6. The van der Waals surface area contributed by atoms with E-state index in [1.54, 1.807) is 18.6 Å². The fraction of sp³-hybridized carbons (Fsp3) is 0.536. The van der Waals surface area contributed by atoms with Crippen LogP contribution in [0.1, 0.15) is 400 Å². The first kappa shape index (κ1) is 105. The van der Waals surface area contributed by atoms with Gasteiger partial charge in [-0.05, 0) is 157 Å². The molecule has 0 aliphatic carbocycles. The van der Waals surface area contributed by atoms with Crippen LogP contribution in [0.5, 0.6) is 0 Å². The molecule has 0 aliphatic heterocycles. The number of rotatable bonds is 61. The van der Waals surface area contributed by atoms with Crippen molar-refractivity contribution in [1.29, 1.82) is 0 Å². The van der Waals surface area contributed by atoms with Crippen LogP contribution in [0.15, 0.2) is 60.7 Å². The summed E-state index contributed by atoms with van der Waals surface area (Å²) in [6.07, 6.45) is 50.8. The van der Waals surface area contributed by atoms with Crippen LogP contribution in [0, 0.1) is 43.0 Å². The van der Waals surface area contributed by atoms with E-state index in [0.717, 1.165) is 198 Å². The lowest BCUT2D eigenvalue weighted by Gasteiger charge is -2.16. The van der Waals surface area contributed by atoms with Crippen molar-refractivity contribution in [3.63, 3.8) is 0 Å². The summed E-state index contributed by atoms with van der Waals surface area (Å²) < 4.78 is 96.5. The average molecular weight is 2020 g/mol. The molecule has 4 aromatic carbocycles. The maximum Gasteiger partial charge on any atom is 0.340 e. The number of carbonyl (C=O) groups excluding carboxylic acids is 4. The Bertz CT molecular complexity index is 6360. The Morgan fingerprint density at radius 2 is 0.662 bits per heavy atom. The first-order valence-corrected chi connectivity index (χ1v) is 58.8. The predicted octanol–water partition coefficient (Wildman–Crippen LogP) is 39.1. The van der Waals surface area contributed by atoms with Gasteiger partial charge < -0.3 is 9.47 Å². The number of Topliss-reactive ketones (excluding diaryl/α,β-unsaturated/α-hetero) is 2. The van der Waals surface area contributed by atoms with Crippen LogP contribution in [-0.2, 0) is 28.9 Å². The topological polar surface area (TPSA) is 143 Å². The number of ketones is 2. The zero-order valence-electron chi connectivity index (χ0n) is 81.9. The number of aromatic nitrogens is 5. The molecule has 0 spiro atoms. The maximum absolute atomic E-state index is 18.5. The van der Waals surface area contributed by atoms with Crippen molar-refractivity contribution in [3.8, 4) is 71.0 Å². The van der Waals surface area contributed by atoms with Crippen molar-refractivity contribution in [2.45, 2.75) is 371 Å². The molecule has 0 N–H and O–H groups in total. The highest BCUT2D eigenvalue weighted by Gasteiger charge is 2.35. The number of esters is 2. The second-order valence-corrected chi connectivity index (χ2v) is 47.3. The normalized spacial score (nSPS) is 12.2. The maximum atomic E-state index is 18.5. The zero-order chi connectivity index (χ0) is 95.7. The molecule has 0 amide bonds. The van der Waals surface area contributed by atoms with Gasteiger partial charge in [-0.3, -0.25) is 9.59 Å². The number of nitrogens with zero attached hydrogens (tertiary/aromatic N) is 5. The van der Waals surface area contributed by atoms with Crippen molar-refractivity contribution < 1.29 is 46.2 Å². The van der Waals surface area contributed by atoms with Gasteiger partial charge in [0.05, 0.1) is 74.3 Å². The molecule has 0 saturated heterocycles. The van der Waals surface area contributed by atoms with Crippen LogP contribution >= 0.6 is 102 Å². The molecule has 0 saturated carbocycles. The smallest absolute Gasteiger partial charge is 0.340 e. The van der Waals surface area contributed by atoms with Crippen molar-refractivity contribution in [2.75, 3.05) is 13.2 Å². The molecule has 24 heteroatoms. The molecule has 1 atom stereocenters. The van der Waals surface area contributed by atoms with Gasteiger partial charge in [0.1, 0.15) is 22.1 Å². The number of hydrogen-bond acceptors (Lipinski definition) is 19. The highest BCUT2D eigenvalue weighted by atomic mass is 32.1. The number of unbranched alkanes of at least 4 members (excludes halogenated alkanes) is 36. The van der Waals surface area contributed by atoms with Crippen LogP contribution in [-0.4, -0.2) is 60.5 Å². The minimum absolute atomic E-state index is 0.00120. The molecule has 14 rings (SSSR count). The van der Waals surface area contributed by atoms with E-state index in [2.05, 4.69) is 45.9 Å². The van der Waals surface area contributed by atoms with E-state index in [4.69, 9.17) is 24.0 Å². The first-order chi connectivity index (χ1) is 66.3. The van der Waals surface area contributed by atoms with Crippen LogP contribution in [0.3, 0.4) is 0 Å². The first-order valence-electron chi connectivity index (χ1n) is 51.5. The third-order valence-electron chi connectivity index (χ3n) is 27.2. The van der Waals surface area contributed by atoms with Gasteiger partial charge in [0.25, 0.3) is 0 Å². The van der Waals surface area contributed by atoms with Gasteiger partial charge >= 0.3 is 11.9 Å². The fourth-order valence-electron chi connectivity index (χ4n) is 19.7. The summed E-state index contributed by atoms with van der Waals surface area (Å²) in [5.74, 6) is -5.14. The monoisotopic (exact) mass is 2010 g/mol. The molecular formula is C112H139F4N5O6S9. The van der Waals surface area contributed by atoms with Crippen molar-refractivity contribution in [3.05, 3.63) is 127 Å². The van der Waals surface area contributed by atoms with E-state index in [9.17, 15) is 14.4 Å². The van der Waals surface area contributed by atoms with Gasteiger partial charge in [-0.15, -0.1) is 90.7 Å². The third kappa shape index (κ3) is 25.4. The van der Waals surface area contributed by atoms with Gasteiger partial charge in [-0.2, -0.15) is 23.7 Å². The largest absolute Gasteiger partial charge is 0.462 e. The summed E-state index contributed by atoms with van der Waals surface area (Å²) in [5.41, 5.74) is 5.07. The van der Waals surface area contributed by atoms with E-state index in [-0.39, 0.29) is 64.0 Å². The molecule has 14 aromatic rings. The average Bonchev–Trinajstić information content (AvgIpc) is 1.57. The van der Waals surface area contributed by atoms with E-state index in [1.165, 1.54) is 232 Å². The zero-order valence-corrected chi connectivity index (χ0v) is 89.2. The molecule has 0 bridgehead atoms. The summed E-state index contributed by atoms with van der Waals surface area (Å²) in [4.78, 5) is 69.3. The number of halogens is 4. The summed E-state index contributed by atoms with van der Waals surface area (Å²) in [5, 5.41) is 13.1. The molecule has 0 radical (unpaired) electrons. The van der Waals surface area contributed by atoms with Crippen molar-refractivity contribution in [2.24, 2.45) is 5.92 Å². The molecule has 0 fully saturated rings. The van der Waals surface area contributed by atoms with E-state index < -0.39 is 35.2 Å². The Balaban J connectivity index is 0.846. The van der Waals surface area contributed by atoms with E-state index in [1.807, 2.05) is 74.5 Å². The summed E-state index contributed by atoms with van der Waals surface area (Å²) in [7, 11) is 0. The molecule has 10 heterocycles. The quantitative estimate of drug-likeness (QED) is 0.0156. The van der Waals surface area contributed by atoms with Crippen molar-refractivity contribution in [1.82, 2.24) is 23.7 Å². The standard InChI is InChI=1S/C112H139F4N5O6S9/c1-11-17-23-29-33-36-38-41-45-51-61-126-111(124)92-77-63-70(7)128-107(77)90(71(8)122)78-66-85(133-109(78)92)81-57-59-83(130-81)94-98(113)99(114)95(103-102(94)117-121(118-103)69-74(53-47-43-32-26-20-14-4)54-48-44-40-35-31-25-19-13-3)84-60-58-82(131-84)86-67-80-93(112(125)127-62-52-46-42-39-37-34-30-24-18-12-2)110-79(91(72(9)123)108(80)132-86)68-89(135-110)106-76(56-50-28-22-16-6)65-88(134-106)97-101(116)100(115)96(104-105(97)120-136-119-104)87-64-75(73(10)129-87)55-49-27-21-15-5/h57-60,63-68,74H,11-56,61-62,69H2,1-10H3. The van der Waals surface area contributed by atoms with Gasteiger partial charge in [0, 0.05) is 101 Å². The van der Waals surface area contributed by atoms with Crippen LogP contribution in [0.25, 0.3) is 133 Å². The highest BCUT2D eigenvalue weighted by Crippen LogP contribution is 2.55. The lowest BCUT2D eigenvalue weighted by Crippen LogP contribution is -2.14. The minimum Gasteiger partial charge on any atom is -0.462 e. The number of hydrogen-bond donors (Lipinski definition) is 0. The molecule has 1 unspecified atom stereocenters. The van der Waals surface area contributed by atoms with Crippen LogP contribution in [0.4, 0.5) is 17.6 Å². The highest BCUT2D eigenvalue weighted by molar-refractivity contribution is 7.30. The van der Waals surface area contributed by atoms with E-state index >= 15 is 22.4 Å². The van der Waals surface area contributed by atoms with Gasteiger partial charge in [-0.1, -0.05) is 286 Å².